The maximum Gasteiger partial charge on any atom is 0.328 e. The first-order valence-electron chi connectivity index (χ1n) is 18.8. The van der Waals surface area contributed by atoms with E-state index in [4.69, 9.17) is 4.74 Å². The topological polar surface area (TPSA) is 141 Å². The Balaban J connectivity index is 1.07. The second kappa shape index (κ2) is 13.5. The number of benzene rings is 1. The van der Waals surface area contributed by atoms with Gasteiger partial charge in [-0.1, -0.05) is 63.2 Å². The average Bonchev–Trinajstić information content (AvgIpc) is 3.88. The van der Waals surface area contributed by atoms with Crippen LogP contribution in [0.5, 0.6) is 0 Å². The molecule has 0 aliphatic heterocycles. The molecule has 276 valence electrons. The van der Waals surface area contributed by atoms with Crippen LogP contribution in [0.15, 0.2) is 55.8 Å². The minimum absolute atomic E-state index is 0.0794. The molecule has 52 heavy (non-hydrogen) atoms. The van der Waals surface area contributed by atoms with Crippen molar-refractivity contribution in [2.24, 2.45) is 34.0 Å². The second-order valence-corrected chi connectivity index (χ2v) is 16.0. The van der Waals surface area contributed by atoms with Gasteiger partial charge in [-0.15, -0.1) is 11.7 Å². The van der Waals surface area contributed by atoms with Gasteiger partial charge in [-0.25, -0.2) is 19.6 Å². The van der Waals surface area contributed by atoms with Gasteiger partial charge in [0, 0.05) is 41.8 Å². The zero-order valence-electron chi connectivity index (χ0n) is 31.3. The van der Waals surface area contributed by atoms with Crippen LogP contribution in [0.2, 0.25) is 0 Å². The van der Waals surface area contributed by atoms with E-state index in [1.165, 1.54) is 4.68 Å². The SMILES string of the molecule is C=C[C@]1(C)C[C@@H](OC(=O)Cn2cc(-c3ccc(Cn4cnc5c(N(CC)CC)ncnc54)cc3)nn2)[C@]2(C)[C@H](C)CC[C@]3(CCC(=O)[C@H]32)[C@@H](C)[C@@H]1O. The lowest BCUT2D eigenvalue weighted by molar-refractivity contribution is -0.207. The Morgan fingerprint density at radius 1 is 1.12 bits per heavy atom. The zero-order valence-corrected chi connectivity index (χ0v) is 31.3. The van der Waals surface area contributed by atoms with Crippen molar-refractivity contribution in [2.45, 2.75) is 98.9 Å². The Morgan fingerprint density at radius 3 is 2.58 bits per heavy atom. The number of aromatic nitrogens is 7. The van der Waals surface area contributed by atoms with Crippen molar-refractivity contribution < 1.29 is 19.4 Å². The molecule has 0 spiro atoms. The Labute approximate surface area is 305 Å². The maximum atomic E-state index is 13.7. The third kappa shape index (κ3) is 5.74. The van der Waals surface area contributed by atoms with E-state index in [1.807, 2.05) is 41.8 Å². The average molecular weight is 709 g/mol. The summed E-state index contributed by atoms with van der Waals surface area (Å²) in [7, 11) is 0. The molecule has 12 nitrogen and oxygen atoms in total. The molecule has 0 amide bonds. The summed E-state index contributed by atoms with van der Waals surface area (Å²) in [6.45, 7) is 18.9. The fourth-order valence-electron chi connectivity index (χ4n) is 10.1. The van der Waals surface area contributed by atoms with Gasteiger partial charge in [-0.3, -0.25) is 9.59 Å². The number of imidazole rings is 1. The van der Waals surface area contributed by atoms with E-state index in [0.29, 0.717) is 25.1 Å². The number of aliphatic hydroxyl groups excluding tert-OH is 1. The van der Waals surface area contributed by atoms with E-state index >= 15 is 0 Å². The maximum absolute atomic E-state index is 13.7. The second-order valence-electron chi connectivity index (χ2n) is 16.0. The number of aliphatic hydroxyl groups is 1. The normalized spacial score (nSPS) is 31.5. The Morgan fingerprint density at radius 2 is 1.87 bits per heavy atom. The molecule has 0 unspecified atom stereocenters. The van der Waals surface area contributed by atoms with Gasteiger partial charge in [0.2, 0.25) is 0 Å². The molecule has 1 N–H and O–H groups in total. The molecule has 2 bridgehead atoms. The quantitative estimate of drug-likeness (QED) is 0.157. The Bertz CT molecular complexity index is 1970. The highest BCUT2D eigenvalue weighted by molar-refractivity contribution is 5.86. The lowest BCUT2D eigenvalue weighted by Gasteiger charge is -2.61. The van der Waals surface area contributed by atoms with Crippen LogP contribution in [-0.4, -0.2) is 76.7 Å². The number of rotatable bonds is 10. The summed E-state index contributed by atoms with van der Waals surface area (Å²) in [6, 6.07) is 8.06. The summed E-state index contributed by atoms with van der Waals surface area (Å²) in [4.78, 5) is 43.2. The smallest absolute Gasteiger partial charge is 0.328 e. The van der Waals surface area contributed by atoms with Crippen molar-refractivity contribution in [3.05, 3.63) is 61.3 Å². The molecule has 12 heteroatoms. The Hall–Kier alpha value is -4.45. The zero-order chi connectivity index (χ0) is 37.0. The van der Waals surface area contributed by atoms with E-state index in [2.05, 4.69) is 71.4 Å². The number of esters is 1. The van der Waals surface area contributed by atoms with E-state index in [9.17, 15) is 14.7 Å². The molecule has 3 heterocycles. The largest absolute Gasteiger partial charge is 0.460 e. The molecule has 3 aliphatic rings. The van der Waals surface area contributed by atoms with E-state index in [-0.39, 0.29) is 35.5 Å². The fraction of sp³-hybridized carbons (Fsp3) is 0.575. The third-order valence-electron chi connectivity index (χ3n) is 13.5. The van der Waals surface area contributed by atoms with Crippen LogP contribution in [0, 0.1) is 34.0 Å². The predicted octanol–water partition coefficient (Wildman–Crippen LogP) is 5.89. The first-order valence-corrected chi connectivity index (χ1v) is 18.8. The number of hydrogen-bond acceptors (Lipinski definition) is 10. The van der Waals surface area contributed by atoms with Crippen LogP contribution < -0.4 is 4.90 Å². The van der Waals surface area contributed by atoms with Gasteiger partial charge in [0.05, 0.1) is 25.2 Å². The van der Waals surface area contributed by atoms with Crippen molar-refractivity contribution in [3.63, 3.8) is 0 Å². The van der Waals surface area contributed by atoms with Crippen LogP contribution in [0.25, 0.3) is 22.4 Å². The molecule has 7 rings (SSSR count). The first-order chi connectivity index (χ1) is 24.9. The molecule has 3 aromatic heterocycles. The third-order valence-corrected chi connectivity index (χ3v) is 13.5. The molecule has 1 aromatic carbocycles. The number of hydrogen-bond donors (Lipinski definition) is 1. The minimum Gasteiger partial charge on any atom is -0.460 e. The van der Waals surface area contributed by atoms with Crippen LogP contribution in [0.1, 0.15) is 79.2 Å². The standard InChI is InChI=1S/C40H52N8O4/c1-8-38(6)19-31(39(7)25(4)15-17-40(26(5)35(38)51)18-16-30(49)34(39)40)52-32(50)22-48-21-29(44-45-48)28-13-11-27(12-14-28)20-47-24-43-33-36(46(9-2)10-3)41-23-42-37(33)47/h8,11-14,21,23-26,31,34-35,51H,1,9-10,15-20,22H2,2-7H3/t25-,26+,31-,34+,35+,38-,39+,40+/m1/s1. The van der Waals surface area contributed by atoms with Crippen LogP contribution in [0.4, 0.5) is 5.82 Å². The van der Waals surface area contributed by atoms with Gasteiger partial charge in [-0.2, -0.15) is 0 Å². The molecule has 3 saturated carbocycles. The van der Waals surface area contributed by atoms with Crippen molar-refractivity contribution in [3.8, 4) is 11.3 Å². The number of nitrogens with zero attached hydrogens (tertiary/aromatic N) is 8. The monoisotopic (exact) mass is 708 g/mol. The Kier molecular flexibility index (Phi) is 9.34. The van der Waals surface area contributed by atoms with Crippen molar-refractivity contribution in [1.82, 2.24) is 34.5 Å². The van der Waals surface area contributed by atoms with E-state index < -0.39 is 29.0 Å². The van der Waals surface area contributed by atoms with Crippen molar-refractivity contribution in [1.29, 1.82) is 0 Å². The molecule has 4 aromatic rings. The number of ether oxygens (including phenoxy) is 1. The predicted molar refractivity (Wildman–Crippen MR) is 198 cm³/mol. The summed E-state index contributed by atoms with van der Waals surface area (Å²) >= 11 is 0. The fourth-order valence-corrected chi connectivity index (χ4v) is 10.1. The lowest BCUT2D eigenvalue weighted by atomic mass is 9.44. The number of carbonyl (C=O) groups is 2. The summed E-state index contributed by atoms with van der Waals surface area (Å²) in [5, 5.41) is 20.4. The summed E-state index contributed by atoms with van der Waals surface area (Å²) in [5.74, 6) is 0.445. The highest BCUT2D eigenvalue weighted by atomic mass is 16.5. The van der Waals surface area contributed by atoms with E-state index in [0.717, 1.165) is 60.5 Å². The highest BCUT2D eigenvalue weighted by Gasteiger charge is 2.68. The summed E-state index contributed by atoms with van der Waals surface area (Å²) in [5.41, 5.74) is 2.58. The van der Waals surface area contributed by atoms with Gasteiger partial charge in [0.1, 0.15) is 30.5 Å². The highest BCUT2D eigenvalue weighted by Crippen LogP contribution is 2.68. The number of ketones is 1. The summed E-state index contributed by atoms with van der Waals surface area (Å²) in [6.07, 6.45) is 9.15. The van der Waals surface area contributed by atoms with Gasteiger partial charge in [0.15, 0.2) is 17.0 Å². The number of Topliss-reactive ketones (excluding diaryl/α,β-unsaturated/α-hetero) is 1. The van der Waals surface area contributed by atoms with Crippen LogP contribution in [0.3, 0.4) is 0 Å². The number of carbonyl (C=O) groups excluding carboxylic acids is 2. The molecule has 0 saturated heterocycles. The van der Waals surface area contributed by atoms with Gasteiger partial charge >= 0.3 is 5.97 Å². The van der Waals surface area contributed by atoms with Gasteiger partial charge in [0.25, 0.3) is 0 Å². The molecule has 3 aliphatic carbocycles. The van der Waals surface area contributed by atoms with Crippen molar-refractivity contribution >= 4 is 28.7 Å². The molecule has 0 radical (unpaired) electrons. The minimum atomic E-state index is -0.708. The molecular formula is C40H52N8O4. The molecular weight excluding hydrogens is 656 g/mol. The first kappa shape index (κ1) is 35.9. The molecule has 8 atom stereocenters. The van der Waals surface area contributed by atoms with Crippen LogP contribution in [-0.2, 0) is 27.4 Å². The van der Waals surface area contributed by atoms with Gasteiger partial charge in [-0.05, 0) is 62.3 Å². The van der Waals surface area contributed by atoms with Gasteiger partial charge < -0.3 is 19.3 Å². The lowest BCUT2D eigenvalue weighted by Crippen LogP contribution is -2.63. The number of fused-ring (bicyclic) bond motifs is 1. The number of anilines is 1. The summed E-state index contributed by atoms with van der Waals surface area (Å²) < 4.78 is 9.93. The van der Waals surface area contributed by atoms with E-state index in [1.54, 1.807) is 18.9 Å². The van der Waals surface area contributed by atoms with Crippen molar-refractivity contribution in [2.75, 3.05) is 18.0 Å². The van der Waals surface area contributed by atoms with Crippen LogP contribution >= 0.6 is 0 Å². The molecule has 3 fully saturated rings.